The van der Waals surface area contributed by atoms with Gasteiger partial charge in [0.05, 0.1) is 5.60 Å². The van der Waals surface area contributed by atoms with Crippen molar-refractivity contribution in [3.05, 3.63) is 0 Å². The van der Waals surface area contributed by atoms with Crippen LogP contribution in [0.3, 0.4) is 0 Å². The fourth-order valence-electron chi connectivity index (χ4n) is 0.294. The van der Waals surface area contributed by atoms with E-state index in [1.54, 1.807) is 0 Å². The molecule has 2 N–H and O–H groups in total. The van der Waals surface area contributed by atoms with Crippen LogP contribution in [0.25, 0.3) is 0 Å². The second kappa shape index (κ2) is 0.950. The highest BCUT2D eigenvalue weighted by atomic mass is 16.6. The summed E-state index contributed by atoms with van der Waals surface area (Å²) in [6.45, 7) is 2.01. The Balaban J connectivity index is 2.28. The lowest BCUT2D eigenvalue weighted by Gasteiger charge is -1.99. The summed E-state index contributed by atoms with van der Waals surface area (Å²) >= 11 is 0. The van der Waals surface area contributed by atoms with E-state index >= 15 is 0 Å². The largest absolute Gasteiger partial charge is 0.298 e. The number of hydrogen-bond donors (Lipinski definition) is 1. The van der Waals surface area contributed by atoms with E-state index in [0.717, 1.165) is 12.8 Å². The molecule has 0 aromatic rings. The fourth-order valence-corrected chi connectivity index (χ4v) is 0.294. The maximum atomic E-state index is 4.87. The van der Waals surface area contributed by atoms with Gasteiger partial charge in [0.15, 0.2) is 0 Å². The fraction of sp³-hybridized carbons (Fsp3) is 1.00. The van der Waals surface area contributed by atoms with Gasteiger partial charge < -0.3 is 0 Å². The van der Waals surface area contributed by atoms with Crippen LogP contribution in [-0.2, 0) is 4.84 Å². The Kier molecular flexibility index (Phi) is 0.648. The lowest BCUT2D eigenvalue weighted by atomic mass is 10.4. The average molecular weight is 87.1 g/mol. The van der Waals surface area contributed by atoms with Crippen LogP contribution >= 0.6 is 0 Å². The summed E-state index contributed by atoms with van der Waals surface area (Å²) in [7, 11) is 0. The summed E-state index contributed by atoms with van der Waals surface area (Å²) < 4.78 is 0. The smallest absolute Gasteiger partial charge is 0.0868 e. The van der Waals surface area contributed by atoms with Crippen molar-refractivity contribution in [3.8, 4) is 0 Å². The monoisotopic (exact) mass is 87.1 g/mol. The minimum Gasteiger partial charge on any atom is -0.298 e. The molecule has 0 amide bonds. The summed E-state index contributed by atoms with van der Waals surface area (Å²) in [6, 6.07) is 0. The minimum atomic E-state index is 0.0694. The van der Waals surface area contributed by atoms with Crippen LogP contribution in [-0.4, -0.2) is 5.60 Å². The third-order valence-corrected chi connectivity index (χ3v) is 1.24. The zero-order valence-corrected chi connectivity index (χ0v) is 3.90. The average Bonchev–Trinajstić information content (AvgIpc) is 2.22. The molecule has 0 spiro atoms. The lowest BCUT2D eigenvalue weighted by molar-refractivity contribution is 0.0464. The molecule has 0 aromatic heterocycles. The van der Waals surface area contributed by atoms with Crippen molar-refractivity contribution in [2.24, 2.45) is 5.90 Å². The Morgan fingerprint density at radius 2 is 2.17 bits per heavy atom. The highest BCUT2D eigenvalue weighted by Crippen LogP contribution is 2.36. The van der Waals surface area contributed by atoms with Crippen molar-refractivity contribution in [2.75, 3.05) is 0 Å². The first-order valence-electron chi connectivity index (χ1n) is 2.15. The molecule has 0 radical (unpaired) electrons. The number of nitrogens with two attached hydrogens (primary N) is 1. The van der Waals surface area contributed by atoms with E-state index in [1.807, 2.05) is 6.92 Å². The molecule has 0 aliphatic heterocycles. The first kappa shape index (κ1) is 4.09. The van der Waals surface area contributed by atoms with Crippen LogP contribution < -0.4 is 5.90 Å². The molecule has 0 bridgehead atoms. The van der Waals surface area contributed by atoms with Gasteiger partial charge in [-0.3, -0.25) is 4.84 Å². The third kappa shape index (κ3) is 0.533. The molecule has 0 saturated heterocycles. The van der Waals surface area contributed by atoms with Crippen molar-refractivity contribution in [1.29, 1.82) is 0 Å². The van der Waals surface area contributed by atoms with Gasteiger partial charge in [0.2, 0.25) is 0 Å². The van der Waals surface area contributed by atoms with Crippen LogP contribution in [0.4, 0.5) is 0 Å². The maximum Gasteiger partial charge on any atom is 0.0868 e. The summed E-state index contributed by atoms with van der Waals surface area (Å²) in [6.07, 6.45) is 2.26. The van der Waals surface area contributed by atoms with E-state index in [4.69, 9.17) is 5.90 Å². The van der Waals surface area contributed by atoms with E-state index in [1.165, 1.54) is 0 Å². The highest BCUT2D eigenvalue weighted by Gasteiger charge is 2.38. The van der Waals surface area contributed by atoms with Gasteiger partial charge in [-0.05, 0) is 19.8 Å². The second-order valence-corrected chi connectivity index (χ2v) is 2.07. The Hall–Kier alpha value is -0.0800. The van der Waals surface area contributed by atoms with Crippen LogP contribution in [0.5, 0.6) is 0 Å². The van der Waals surface area contributed by atoms with E-state index in [9.17, 15) is 0 Å². The van der Waals surface area contributed by atoms with Crippen molar-refractivity contribution >= 4 is 0 Å². The van der Waals surface area contributed by atoms with E-state index in [0.29, 0.717) is 0 Å². The minimum absolute atomic E-state index is 0.0694. The summed E-state index contributed by atoms with van der Waals surface area (Å²) in [5.74, 6) is 4.87. The molecule has 1 aliphatic rings. The van der Waals surface area contributed by atoms with E-state index in [2.05, 4.69) is 4.84 Å². The summed E-state index contributed by atoms with van der Waals surface area (Å²) in [4.78, 5) is 4.55. The number of hydrogen-bond acceptors (Lipinski definition) is 2. The molecule has 0 atom stereocenters. The van der Waals surface area contributed by atoms with Crippen LogP contribution in [0.15, 0.2) is 0 Å². The van der Waals surface area contributed by atoms with Crippen molar-refractivity contribution in [3.63, 3.8) is 0 Å². The maximum absolute atomic E-state index is 4.87. The van der Waals surface area contributed by atoms with Crippen molar-refractivity contribution in [2.45, 2.75) is 25.4 Å². The van der Waals surface area contributed by atoms with Crippen LogP contribution in [0.2, 0.25) is 0 Å². The zero-order chi connectivity index (χ0) is 4.62. The standard InChI is InChI=1S/C4H9NO/c1-4(6-5)2-3-4/h2-3,5H2,1H3. The molecule has 1 aliphatic carbocycles. The molecule has 1 fully saturated rings. The molecule has 36 valence electrons. The van der Waals surface area contributed by atoms with Crippen LogP contribution in [0, 0.1) is 0 Å². The lowest BCUT2D eigenvalue weighted by Crippen LogP contribution is -2.12. The quantitative estimate of drug-likeness (QED) is 0.471. The van der Waals surface area contributed by atoms with Gasteiger partial charge in [0.1, 0.15) is 0 Å². The van der Waals surface area contributed by atoms with Gasteiger partial charge >= 0.3 is 0 Å². The predicted molar refractivity (Wildman–Crippen MR) is 22.9 cm³/mol. The molecule has 2 heteroatoms. The van der Waals surface area contributed by atoms with Gasteiger partial charge in [-0.15, -0.1) is 0 Å². The molecular weight excluding hydrogens is 78.0 g/mol. The molecule has 1 saturated carbocycles. The summed E-state index contributed by atoms with van der Waals surface area (Å²) in [5, 5.41) is 0. The van der Waals surface area contributed by atoms with Gasteiger partial charge in [0.25, 0.3) is 0 Å². The molecule has 0 unspecified atom stereocenters. The summed E-state index contributed by atoms with van der Waals surface area (Å²) in [5.41, 5.74) is 0.0694. The van der Waals surface area contributed by atoms with Gasteiger partial charge in [-0.25, -0.2) is 5.90 Å². The Morgan fingerprint density at radius 3 is 2.17 bits per heavy atom. The normalized spacial score (nSPS) is 27.0. The molecule has 0 heterocycles. The molecule has 1 rings (SSSR count). The Labute approximate surface area is 37.2 Å². The first-order valence-corrected chi connectivity index (χ1v) is 2.15. The van der Waals surface area contributed by atoms with Crippen molar-refractivity contribution in [1.82, 2.24) is 0 Å². The molecule has 2 nitrogen and oxygen atoms in total. The molecule has 0 aromatic carbocycles. The van der Waals surface area contributed by atoms with E-state index in [-0.39, 0.29) is 5.60 Å². The predicted octanol–water partition coefficient (Wildman–Crippen LogP) is 0.429. The third-order valence-electron chi connectivity index (χ3n) is 1.24. The zero-order valence-electron chi connectivity index (χ0n) is 3.90. The molecular formula is C4H9NO. The van der Waals surface area contributed by atoms with Crippen molar-refractivity contribution < 1.29 is 4.84 Å². The molecule has 6 heavy (non-hydrogen) atoms. The van der Waals surface area contributed by atoms with E-state index < -0.39 is 0 Å². The SMILES string of the molecule is CC1(ON)CC1. The Bertz CT molecular complexity index is 58.6. The Morgan fingerprint density at radius 1 is 1.67 bits per heavy atom. The topological polar surface area (TPSA) is 35.2 Å². The van der Waals surface area contributed by atoms with Gasteiger partial charge in [-0.1, -0.05) is 0 Å². The van der Waals surface area contributed by atoms with Gasteiger partial charge in [-0.2, -0.15) is 0 Å². The second-order valence-electron chi connectivity index (χ2n) is 2.07. The van der Waals surface area contributed by atoms with Gasteiger partial charge in [0, 0.05) is 0 Å². The first-order chi connectivity index (χ1) is 2.77. The highest BCUT2D eigenvalue weighted by molar-refractivity contribution is 4.89. The van der Waals surface area contributed by atoms with Crippen LogP contribution in [0.1, 0.15) is 19.8 Å². The number of rotatable bonds is 1.